The van der Waals surface area contributed by atoms with Crippen molar-refractivity contribution in [1.29, 1.82) is 0 Å². The highest BCUT2D eigenvalue weighted by Gasteiger charge is 2.19. The molecule has 0 saturated heterocycles. The Bertz CT molecular complexity index is 266. The van der Waals surface area contributed by atoms with E-state index in [1.54, 1.807) is 0 Å². The molecule has 0 bridgehead atoms. The Balaban J connectivity index is 3.49. The molecule has 20 heavy (non-hydrogen) atoms. The maximum Gasteiger partial charge on any atom is 0.361 e. The number of unbranched alkanes of at least 4 members (excludes halogenated alkanes) is 7. The van der Waals surface area contributed by atoms with Crippen LogP contribution in [0.5, 0.6) is 0 Å². The van der Waals surface area contributed by atoms with Crippen LogP contribution in [-0.2, 0) is 19.1 Å². The van der Waals surface area contributed by atoms with E-state index < -0.39 is 24.8 Å². The minimum Gasteiger partial charge on any atom is -0.480 e. The summed E-state index contributed by atoms with van der Waals surface area (Å²) < 4.78 is 9.63. The number of aliphatic carboxylic acids is 2. The van der Waals surface area contributed by atoms with Gasteiger partial charge in [-0.25, -0.2) is 9.59 Å². The number of rotatable bonds is 14. The van der Waals surface area contributed by atoms with Crippen molar-refractivity contribution in [2.75, 3.05) is 13.2 Å². The predicted molar refractivity (Wildman–Crippen MR) is 73.6 cm³/mol. The normalized spacial score (nSPS) is 12.2. The fourth-order valence-corrected chi connectivity index (χ4v) is 1.76. The predicted octanol–water partition coefficient (Wildman–Crippen LogP) is 2.66. The molecule has 0 aliphatic rings. The Labute approximate surface area is 120 Å². The van der Waals surface area contributed by atoms with Gasteiger partial charge in [0.05, 0.1) is 6.61 Å². The Morgan fingerprint density at radius 2 is 1.45 bits per heavy atom. The Morgan fingerprint density at radius 1 is 0.900 bits per heavy atom. The van der Waals surface area contributed by atoms with Crippen molar-refractivity contribution >= 4 is 11.9 Å². The van der Waals surface area contributed by atoms with Crippen molar-refractivity contribution in [1.82, 2.24) is 0 Å². The van der Waals surface area contributed by atoms with Gasteiger partial charge in [-0.05, 0) is 6.42 Å². The molecule has 0 fully saturated rings. The van der Waals surface area contributed by atoms with E-state index in [1.165, 1.54) is 32.1 Å². The third-order valence-corrected chi connectivity index (χ3v) is 2.83. The van der Waals surface area contributed by atoms with Crippen LogP contribution in [0.25, 0.3) is 0 Å². The van der Waals surface area contributed by atoms with E-state index in [4.69, 9.17) is 14.9 Å². The van der Waals surface area contributed by atoms with Gasteiger partial charge in [-0.15, -0.1) is 0 Å². The fourth-order valence-electron chi connectivity index (χ4n) is 1.76. The van der Waals surface area contributed by atoms with Crippen molar-refractivity contribution < 1.29 is 29.3 Å². The SMILES string of the molecule is CCCCCCCCCCOC(OCC(=O)O)C(=O)O. The van der Waals surface area contributed by atoms with Gasteiger partial charge >= 0.3 is 11.9 Å². The lowest BCUT2D eigenvalue weighted by Gasteiger charge is -2.13. The summed E-state index contributed by atoms with van der Waals surface area (Å²) in [6, 6.07) is 0. The zero-order chi connectivity index (χ0) is 15.2. The van der Waals surface area contributed by atoms with Crippen molar-refractivity contribution in [3.05, 3.63) is 0 Å². The molecule has 6 heteroatoms. The zero-order valence-corrected chi connectivity index (χ0v) is 12.2. The highest BCUT2D eigenvalue weighted by Crippen LogP contribution is 2.09. The van der Waals surface area contributed by atoms with Gasteiger partial charge in [-0.3, -0.25) is 0 Å². The van der Waals surface area contributed by atoms with Crippen molar-refractivity contribution in [2.24, 2.45) is 0 Å². The van der Waals surface area contributed by atoms with Gasteiger partial charge in [-0.1, -0.05) is 51.9 Å². The second-order valence-corrected chi connectivity index (χ2v) is 4.72. The van der Waals surface area contributed by atoms with Crippen molar-refractivity contribution in [3.63, 3.8) is 0 Å². The topological polar surface area (TPSA) is 93.1 Å². The maximum absolute atomic E-state index is 10.7. The molecular weight excluding hydrogens is 264 g/mol. The summed E-state index contributed by atoms with van der Waals surface area (Å²) in [7, 11) is 0. The summed E-state index contributed by atoms with van der Waals surface area (Å²) in [5.41, 5.74) is 0. The van der Waals surface area contributed by atoms with E-state index in [0.29, 0.717) is 0 Å². The average Bonchev–Trinajstić information content (AvgIpc) is 2.39. The van der Waals surface area contributed by atoms with Crippen molar-refractivity contribution in [3.8, 4) is 0 Å². The number of carbonyl (C=O) groups is 2. The molecule has 0 heterocycles. The highest BCUT2D eigenvalue weighted by atomic mass is 16.7. The van der Waals surface area contributed by atoms with Gasteiger partial charge < -0.3 is 19.7 Å². The quantitative estimate of drug-likeness (QED) is 0.377. The molecule has 1 atom stereocenters. The number of hydrogen-bond donors (Lipinski definition) is 2. The fraction of sp³-hybridized carbons (Fsp3) is 0.857. The summed E-state index contributed by atoms with van der Waals surface area (Å²) >= 11 is 0. The molecule has 2 N–H and O–H groups in total. The monoisotopic (exact) mass is 290 g/mol. The molecule has 0 saturated carbocycles. The van der Waals surface area contributed by atoms with Gasteiger partial charge in [0.1, 0.15) is 6.61 Å². The van der Waals surface area contributed by atoms with Crippen LogP contribution in [-0.4, -0.2) is 41.7 Å². The van der Waals surface area contributed by atoms with Crippen LogP contribution >= 0.6 is 0 Å². The van der Waals surface area contributed by atoms with E-state index in [2.05, 4.69) is 11.7 Å². The molecule has 0 aliphatic heterocycles. The largest absolute Gasteiger partial charge is 0.480 e. The van der Waals surface area contributed by atoms with Gasteiger partial charge in [0.15, 0.2) is 0 Å². The Morgan fingerprint density at radius 3 is 1.95 bits per heavy atom. The summed E-state index contributed by atoms with van der Waals surface area (Å²) in [6.07, 6.45) is 7.59. The van der Waals surface area contributed by atoms with Crippen LogP contribution in [0.3, 0.4) is 0 Å². The maximum atomic E-state index is 10.7. The van der Waals surface area contributed by atoms with Crippen LogP contribution in [0.15, 0.2) is 0 Å². The first kappa shape index (κ1) is 18.9. The van der Waals surface area contributed by atoms with E-state index >= 15 is 0 Å². The summed E-state index contributed by atoms with van der Waals surface area (Å²) in [6.45, 7) is 1.78. The van der Waals surface area contributed by atoms with Crippen LogP contribution in [0.4, 0.5) is 0 Å². The minimum absolute atomic E-state index is 0.269. The van der Waals surface area contributed by atoms with Crippen LogP contribution in [0.2, 0.25) is 0 Å². The van der Waals surface area contributed by atoms with Gasteiger partial charge in [0, 0.05) is 0 Å². The van der Waals surface area contributed by atoms with Gasteiger partial charge in [0.25, 0.3) is 6.29 Å². The first-order valence-corrected chi connectivity index (χ1v) is 7.25. The summed E-state index contributed by atoms with van der Waals surface area (Å²) in [5, 5.41) is 17.2. The van der Waals surface area contributed by atoms with E-state index in [0.717, 1.165) is 19.3 Å². The van der Waals surface area contributed by atoms with E-state index in [1.807, 2.05) is 0 Å². The van der Waals surface area contributed by atoms with Crippen molar-refractivity contribution in [2.45, 2.75) is 64.6 Å². The molecular formula is C14H26O6. The molecule has 0 aromatic carbocycles. The first-order valence-electron chi connectivity index (χ1n) is 7.25. The lowest BCUT2D eigenvalue weighted by molar-refractivity contribution is -0.193. The second-order valence-electron chi connectivity index (χ2n) is 4.72. The standard InChI is InChI=1S/C14H26O6/c1-2-3-4-5-6-7-8-9-10-19-14(13(17)18)20-11-12(15)16/h14H,2-11H2,1H3,(H,15,16)(H,17,18). The van der Waals surface area contributed by atoms with E-state index in [9.17, 15) is 9.59 Å². The zero-order valence-electron chi connectivity index (χ0n) is 12.2. The molecule has 0 radical (unpaired) electrons. The lowest BCUT2D eigenvalue weighted by atomic mass is 10.1. The van der Waals surface area contributed by atoms with Gasteiger partial charge in [0.2, 0.25) is 0 Å². The molecule has 0 rings (SSSR count). The molecule has 6 nitrogen and oxygen atoms in total. The highest BCUT2D eigenvalue weighted by molar-refractivity contribution is 5.72. The third kappa shape index (κ3) is 11.9. The molecule has 0 aliphatic carbocycles. The average molecular weight is 290 g/mol. The summed E-state index contributed by atoms with van der Waals surface area (Å²) in [4.78, 5) is 21.0. The van der Waals surface area contributed by atoms with Crippen LogP contribution in [0, 0.1) is 0 Å². The minimum atomic E-state index is -1.49. The molecule has 118 valence electrons. The first-order chi connectivity index (χ1) is 9.57. The van der Waals surface area contributed by atoms with Gasteiger partial charge in [-0.2, -0.15) is 0 Å². The second kappa shape index (κ2) is 12.9. The van der Waals surface area contributed by atoms with Crippen LogP contribution in [0.1, 0.15) is 58.3 Å². The molecule has 0 aromatic rings. The summed E-state index contributed by atoms with van der Waals surface area (Å²) in [5.74, 6) is -2.52. The molecule has 0 amide bonds. The van der Waals surface area contributed by atoms with Crippen LogP contribution < -0.4 is 0 Å². The number of ether oxygens (including phenoxy) is 2. The Hall–Kier alpha value is -1.14. The van der Waals surface area contributed by atoms with E-state index in [-0.39, 0.29) is 6.61 Å². The lowest BCUT2D eigenvalue weighted by Crippen LogP contribution is -2.29. The molecule has 1 unspecified atom stereocenters. The molecule has 0 aromatic heterocycles. The molecule has 0 spiro atoms. The Kier molecular flexibility index (Phi) is 12.1. The smallest absolute Gasteiger partial charge is 0.361 e. The number of carboxylic acid groups (broad SMARTS) is 2. The number of hydrogen-bond acceptors (Lipinski definition) is 4. The third-order valence-electron chi connectivity index (χ3n) is 2.83. The number of carboxylic acids is 2.